The Morgan fingerprint density at radius 1 is 1.19 bits per heavy atom. The summed E-state index contributed by atoms with van der Waals surface area (Å²) in [7, 11) is -3.66. The maximum absolute atomic E-state index is 12.6. The smallest absolute Gasteiger partial charge is 0.240 e. The van der Waals surface area contributed by atoms with Crippen LogP contribution in [0.2, 0.25) is 0 Å². The molecule has 0 aliphatic carbocycles. The zero-order valence-electron chi connectivity index (χ0n) is 14.6. The number of nitrogens with one attached hydrogen (secondary N) is 1. The van der Waals surface area contributed by atoms with Crippen molar-refractivity contribution in [3.05, 3.63) is 66.1 Å². The molecule has 0 unspecified atom stereocenters. The van der Waals surface area contributed by atoms with Gasteiger partial charge in [-0.05, 0) is 61.4 Å². The molecule has 26 heavy (non-hydrogen) atoms. The van der Waals surface area contributed by atoms with Crippen LogP contribution in [0.25, 0.3) is 11.5 Å². The van der Waals surface area contributed by atoms with Crippen LogP contribution in [0.5, 0.6) is 5.75 Å². The fourth-order valence-electron chi connectivity index (χ4n) is 2.58. The lowest BCUT2D eigenvalue weighted by Gasteiger charge is -2.11. The summed E-state index contributed by atoms with van der Waals surface area (Å²) in [4.78, 5) is 4.49. The Hall–Kier alpha value is -2.64. The average Bonchev–Trinajstić information content (AvgIpc) is 3.16. The number of pyridine rings is 1. The van der Waals surface area contributed by atoms with Crippen molar-refractivity contribution in [3.63, 3.8) is 0 Å². The van der Waals surface area contributed by atoms with Crippen LogP contribution >= 0.6 is 0 Å². The minimum atomic E-state index is -3.66. The Morgan fingerprint density at radius 3 is 2.73 bits per heavy atom. The van der Waals surface area contributed by atoms with E-state index in [0.29, 0.717) is 23.8 Å². The summed E-state index contributed by atoms with van der Waals surface area (Å²) in [5.74, 6) is 1.27. The number of furan rings is 1. The first-order valence-corrected chi connectivity index (χ1v) is 9.70. The van der Waals surface area contributed by atoms with Gasteiger partial charge < -0.3 is 9.15 Å². The van der Waals surface area contributed by atoms with Gasteiger partial charge in [0, 0.05) is 12.7 Å². The molecule has 1 N–H and O–H groups in total. The lowest BCUT2D eigenvalue weighted by Crippen LogP contribution is -2.23. The molecule has 0 atom stereocenters. The molecule has 2 heterocycles. The van der Waals surface area contributed by atoms with E-state index in [4.69, 9.17) is 9.15 Å². The number of nitrogens with zero attached hydrogens (tertiary/aromatic N) is 1. The maximum Gasteiger partial charge on any atom is 0.240 e. The van der Waals surface area contributed by atoms with Crippen LogP contribution in [0.3, 0.4) is 0 Å². The second kappa shape index (κ2) is 7.72. The van der Waals surface area contributed by atoms with Crippen molar-refractivity contribution in [1.82, 2.24) is 9.71 Å². The van der Waals surface area contributed by atoms with E-state index < -0.39 is 10.0 Å². The van der Waals surface area contributed by atoms with E-state index in [-0.39, 0.29) is 11.4 Å². The van der Waals surface area contributed by atoms with Gasteiger partial charge in [0.2, 0.25) is 10.0 Å². The molecule has 0 radical (unpaired) electrons. The van der Waals surface area contributed by atoms with Crippen LogP contribution in [-0.2, 0) is 16.6 Å². The summed E-state index contributed by atoms with van der Waals surface area (Å²) in [5, 5.41) is 0. The maximum atomic E-state index is 12.6. The van der Waals surface area contributed by atoms with E-state index in [2.05, 4.69) is 9.71 Å². The number of sulfonamides is 1. The van der Waals surface area contributed by atoms with Crippen molar-refractivity contribution in [2.45, 2.75) is 25.3 Å². The van der Waals surface area contributed by atoms with E-state index in [1.54, 1.807) is 42.8 Å². The Labute approximate surface area is 152 Å². The molecular formula is C19H20N2O4S. The molecular weight excluding hydrogens is 352 g/mol. The highest BCUT2D eigenvalue weighted by Gasteiger charge is 2.17. The SMILES string of the molecule is CCOc1ccc(S(=O)(=O)NCc2cccnc2-c2ccco2)cc1C. The number of benzene rings is 1. The van der Waals surface area contributed by atoms with Gasteiger partial charge >= 0.3 is 0 Å². The molecule has 0 fully saturated rings. The molecule has 0 spiro atoms. The third-order valence-corrected chi connectivity index (χ3v) is 5.25. The summed E-state index contributed by atoms with van der Waals surface area (Å²) >= 11 is 0. The van der Waals surface area contributed by atoms with E-state index in [9.17, 15) is 8.42 Å². The second-order valence-electron chi connectivity index (χ2n) is 5.67. The topological polar surface area (TPSA) is 81.4 Å². The van der Waals surface area contributed by atoms with Gasteiger partial charge in [-0.15, -0.1) is 0 Å². The number of aromatic nitrogens is 1. The number of ether oxygens (including phenoxy) is 1. The Balaban J connectivity index is 1.81. The molecule has 7 heteroatoms. The molecule has 6 nitrogen and oxygen atoms in total. The van der Waals surface area contributed by atoms with Crippen molar-refractivity contribution >= 4 is 10.0 Å². The Kier molecular flexibility index (Phi) is 5.39. The van der Waals surface area contributed by atoms with Gasteiger partial charge in [-0.25, -0.2) is 13.1 Å². The molecule has 3 rings (SSSR count). The predicted octanol–water partition coefficient (Wildman–Crippen LogP) is 3.53. The fraction of sp³-hybridized carbons (Fsp3) is 0.211. The standard InChI is InChI=1S/C19H20N2O4S/c1-3-24-17-9-8-16(12-14(17)2)26(22,23)21-13-15-6-4-10-20-19(15)18-7-5-11-25-18/h4-12,21H,3,13H2,1-2H3. The molecule has 0 aliphatic heterocycles. The van der Waals surface area contributed by atoms with Crippen LogP contribution in [0.15, 0.2) is 64.2 Å². The van der Waals surface area contributed by atoms with Gasteiger partial charge in [-0.2, -0.15) is 0 Å². The van der Waals surface area contributed by atoms with Crippen LogP contribution in [0, 0.1) is 6.92 Å². The highest BCUT2D eigenvalue weighted by Crippen LogP contribution is 2.24. The molecule has 136 valence electrons. The fourth-order valence-corrected chi connectivity index (χ4v) is 3.67. The summed E-state index contributed by atoms with van der Waals surface area (Å²) < 4.78 is 38.7. The molecule has 2 aromatic heterocycles. The van der Waals surface area contributed by atoms with Crippen LogP contribution < -0.4 is 9.46 Å². The summed E-state index contributed by atoms with van der Waals surface area (Å²) in [5.41, 5.74) is 2.11. The van der Waals surface area contributed by atoms with Gasteiger partial charge in [-0.3, -0.25) is 4.98 Å². The van der Waals surface area contributed by atoms with E-state index in [1.165, 1.54) is 6.07 Å². The van der Waals surface area contributed by atoms with Crippen molar-refractivity contribution in [1.29, 1.82) is 0 Å². The number of aryl methyl sites for hydroxylation is 1. The van der Waals surface area contributed by atoms with Gasteiger partial charge in [0.1, 0.15) is 11.4 Å². The summed E-state index contributed by atoms with van der Waals surface area (Å²) in [6.45, 7) is 4.34. The molecule has 3 aromatic rings. The van der Waals surface area contributed by atoms with E-state index >= 15 is 0 Å². The average molecular weight is 372 g/mol. The lowest BCUT2D eigenvalue weighted by atomic mass is 10.1. The number of hydrogen-bond acceptors (Lipinski definition) is 5. The summed E-state index contributed by atoms with van der Waals surface area (Å²) in [6, 6.07) is 11.9. The van der Waals surface area contributed by atoms with Crippen LogP contribution in [0.4, 0.5) is 0 Å². The molecule has 0 aliphatic rings. The molecule has 0 saturated heterocycles. The third-order valence-electron chi connectivity index (χ3n) is 3.86. The van der Waals surface area contributed by atoms with Crippen molar-refractivity contribution < 1.29 is 17.6 Å². The van der Waals surface area contributed by atoms with Crippen molar-refractivity contribution in [3.8, 4) is 17.2 Å². The molecule has 1 aromatic carbocycles. The zero-order valence-corrected chi connectivity index (χ0v) is 15.4. The summed E-state index contributed by atoms with van der Waals surface area (Å²) in [6.07, 6.45) is 3.20. The number of hydrogen-bond donors (Lipinski definition) is 1. The normalized spacial score (nSPS) is 11.5. The number of rotatable bonds is 7. The first kappa shape index (κ1) is 18.2. The minimum Gasteiger partial charge on any atom is -0.494 e. The Bertz CT molecular complexity index is 983. The third kappa shape index (κ3) is 3.95. The van der Waals surface area contributed by atoms with Crippen molar-refractivity contribution in [2.75, 3.05) is 6.61 Å². The van der Waals surface area contributed by atoms with Gasteiger partial charge in [0.05, 0.1) is 17.8 Å². The van der Waals surface area contributed by atoms with Gasteiger partial charge in [0.25, 0.3) is 0 Å². The highest BCUT2D eigenvalue weighted by molar-refractivity contribution is 7.89. The molecule has 0 bridgehead atoms. The van der Waals surface area contributed by atoms with E-state index in [0.717, 1.165) is 11.1 Å². The quantitative estimate of drug-likeness (QED) is 0.686. The predicted molar refractivity (Wildman–Crippen MR) is 98.3 cm³/mol. The lowest BCUT2D eigenvalue weighted by molar-refractivity contribution is 0.337. The first-order chi connectivity index (χ1) is 12.5. The zero-order chi connectivity index (χ0) is 18.6. The largest absolute Gasteiger partial charge is 0.494 e. The van der Waals surface area contributed by atoms with E-state index in [1.807, 2.05) is 19.9 Å². The van der Waals surface area contributed by atoms with Crippen LogP contribution in [-0.4, -0.2) is 20.0 Å². The van der Waals surface area contributed by atoms with Crippen LogP contribution in [0.1, 0.15) is 18.1 Å². The van der Waals surface area contributed by atoms with Crippen molar-refractivity contribution in [2.24, 2.45) is 0 Å². The Morgan fingerprint density at radius 2 is 2.04 bits per heavy atom. The monoisotopic (exact) mass is 372 g/mol. The second-order valence-corrected chi connectivity index (χ2v) is 7.44. The van der Waals surface area contributed by atoms with Gasteiger partial charge in [0.15, 0.2) is 5.76 Å². The highest BCUT2D eigenvalue weighted by atomic mass is 32.2. The van der Waals surface area contributed by atoms with Gasteiger partial charge in [-0.1, -0.05) is 6.07 Å². The first-order valence-electron chi connectivity index (χ1n) is 8.22. The molecule has 0 saturated carbocycles. The minimum absolute atomic E-state index is 0.110. The molecule has 0 amide bonds.